The molecule has 0 amide bonds. The van der Waals surface area contributed by atoms with Crippen molar-refractivity contribution in [2.45, 2.75) is 57.1 Å². The Kier molecular flexibility index (Phi) is 5.58. The lowest BCUT2D eigenvalue weighted by Gasteiger charge is -2.34. The van der Waals surface area contributed by atoms with E-state index in [-0.39, 0.29) is 12.1 Å². The van der Waals surface area contributed by atoms with E-state index < -0.39 is 24.4 Å². The standard InChI is InChI=1S/C17H27NO4/c1-17(2,3)18-9-12(19)10-22-16-13-7-5-4-6-11(13)8-14(20)15(16)21/h4-7,12,14-16,18-21H,8-10H2,1-3H3/t12?,14?,15?,16-/m0/s1. The summed E-state index contributed by atoms with van der Waals surface area (Å²) >= 11 is 0. The highest BCUT2D eigenvalue weighted by atomic mass is 16.5. The molecule has 0 saturated heterocycles. The highest BCUT2D eigenvalue weighted by molar-refractivity contribution is 5.33. The van der Waals surface area contributed by atoms with E-state index in [1.54, 1.807) is 0 Å². The van der Waals surface area contributed by atoms with Gasteiger partial charge in [-0.3, -0.25) is 0 Å². The quantitative estimate of drug-likeness (QED) is 0.646. The van der Waals surface area contributed by atoms with Gasteiger partial charge in [0.25, 0.3) is 0 Å². The number of fused-ring (bicyclic) bond motifs is 1. The largest absolute Gasteiger partial charge is 0.390 e. The van der Waals surface area contributed by atoms with E-state index in [0.717, 1.165) is 11.1 Å². The van der Waals surface area contributed by atoms with Crippen LogP contribution in [-0.4, -0.2) is 52.3 Å². The Balaban J connectivity index is 1.96. The van der Waals surface area contributed by atoms with Crippen LogP contribution < -0.4 is 5.32 Å². The molecule has 22 heavy (non-hydrogen) atoms. The van der Waals surface area contributed by atoms with Crippen LogP contribution >= 0.6 is 0 Å². The third kappa shape index (κ3) is 4.51. The zero-order valence-electron chi connectivity index (χ0n) is 13.5. The van der Waals surface area contributed by atoms with Gasteiger partial charge in [0.05, 0.1) is 18.8 Å². The van der Waals surface area contributed by atoms with Crippen LogP contribution in [0.15, 0.2) is 24.3 Å². The van der Waals surface area contributed by atoms with Gasteiger partial charge in [0, 0.05) is 18.5 Å². The fourth-order valence-corrected chi connectivity index (χ4v) is 2.62. The lowest BCUT2D eigenvalue weighted by molar-refractivity contribution is -0.114. The average Bonchev–Trinajstić information content (AvgIpc) is 2.45. The van der Waals surface area contributed by atoms with Gasteiger partial charge in [0.2, 0.25) is 0 Å². The van der Waals surface area contributed by atoms with E-state index >= 15 is 0 Å². The van der Waals surface area contributed by atoms with Gasteiger partial charge in [-0.1, -0.05) is 24.3 Å². The summed E-state index contributed by atoms with van der Waals surface area (Å²) in [7, 11) is 0. The second-order valence-corrected chi connectivity index (χ2v) is 7.00. The number of hydrogen-bond donors (Lipinski definition) is 4. The molecule has 1 aromatic rings. The maximum Gasteiger partial charge on any atom is 0.111 e. The summed E-state index contributed by atoms with van der Waals surface area (Å²) in [6.45, 7) is 6.59. The fourth-order valence-electron chi connectivity index (χ4n) is 2.62. The zero-order valence-corrected chi connectivity index (χ0v) is 13.5. The zero-order chi connectivity index (χ0) is 16.3. The first-order chi connectivity index (χ1) is 10.3. The Labute approximate surface area is 131 Å². The molecule has 5 nitrogen and oxygen atoms in total. The van der Waals surface area contributed by atoms with Crippen LogP contribution in [0.3, 0.4) is 0 Å². The highest BCUT2D eigenvalue weighted by Gasteiger charge is 2.35. The summed E-state index contributed by atoms with van der Waals surface area (Å²) in [5, 5.41) is 33.4. The number of aliphatic hydroxyl groups is 3. The number of β-amino-alcohol motifs (C(OH)–C–C–N with tert-alkyl or cyclic N) is 1. The maximum absolute atomic E-state index is 10.2. The van der Waals surface area contributed by atoms with Gasteiger partial charge >= 0.3 is 0 Å². The Bertz CT molecular complexity index is 486. The van der Waals surface area contributed by atoms with Crippen molar-refractivity contribution in [2.24, 2.45) is 0 Å². The highest BCUT2D eigenvalue weighted by Crippen LogP contribution is 2.33. The normalized spacial score (nSPS) is 26.5. The average molecular weight is 309 g/mol. The third-order valence-corrected chi connectivity index (χ3v) is 3.83. The van der Waals surface area contributed by atoms with Crippen molar-refractivity contribution in [1.29, 1.82) is 0 Å². The Hall–Kier alpha value is -0.980. The molecular weight excluding hydrogens is 282 g/mol. The minimum atomic E-state index is -0.974. The Morgan fingerprint density at radius 1 is 1.27 bits per heavy atom. The second-order valence-electron chi connectivity index (χ2n) is 7.00. The van der Waals surface area contributed by atoms with E-state index in [1.165, 1.54) is 0 Å². The number of aliphatic hydroxyl groups excluding tert-OH is 3. The number of ether oxygens (including phenoxy) is 1. The van der Waals surface area contributed by atoms with Crippen molar-refractivity contribution in [3.05, 3.63) is 35.4 Å². The lowest BCUT2D eigenvalue weighted by Crippen LogP contribution is -2.44. The van der Waals surface area contributed by atoms with Crippen LogP contribution in [-0.2, 0) is 11.2 Å². The topological polar surface area (TPSA) is 82.0 Å². The van der Waals surface area contributed by atoms with Crippen molar-refractivity contribution in [1.82, 2.24) is 5.32 Å². The maximum atomic E-state index is 10.2. The predicted octanol–water partition coefficient (Wildman–Crippen LogP) is 0.771. The van der Waals surface area contributed by atoms with Crippen molar-refractivity contribution in [2.75, 3.05) is 13.2 Å². The van der Waals surface area contributed by atoms with Gasteiger partial charge < -0.3 is 25.4 Å². The first-order valence-electron chi connectivity index (χ1n) is 7.76. The monoisotopic (exact) mass is 309 g/mol. The lowest BCUT2D eigenvalue weighted by atomic mass is 9.85. The molecule has 0 radical (unpaired) electrons. The molecule has 0 aliphatic heterocycles. The van der Waals surface area contributed by atoms with Crippen LogP contribution in [0.2, 0.25) is 0 Å². The molecule has 0 aromatic heterocycles. The number of rotatable bonds is 5. The minimum absolute atomic E-state index is 0.0753. The van der Waals surface area contributed by atoms with Crippen molar-refractivity contribution >= 4 is 0 Å². The van der Waals surface area contributed by atoms with Gasteiger partial charge in [-0.15, -0.1) is 0 Å². The molecule has 0 heterocycles. The van der Waals surface area contributed by atoms with Gasteiger partial charge in [0.1, 0.15) is 12.2 Å². The summed E-state index contributed by atoms with van der Waals surface area (Å²) in [5.74, 6) is 0. The van der Waals surface area contributed by atoms with E-state index in [1.807, 2.05) is 45.0 Å². The molecule has 1 aliphatic rings. The van der Waals surface area contributed by atoms with Crippen molar-refractivity contribution in [3.8, 4) is 0 Å². The van der Waals surface area contributed by atoms with E-state index in [9.17, 15) is 15.3 Å². The molecule has 5 heteroatoms. The predicted molar refractivity (Wildman–Crippen MR) is 84.6 cm³/mol. The molecule has 124 valence electrons. The SMILES string of the molecule is CC(C)(C)NCC(O)CO[C@H]1c2ccccc2CC(O)C1O. The summed E-state index contributed by atoms with van der Waals surface area (Å²) in [5.41, 5.74) is 1.79. The molecule has 1 aromatic carbocycles. The molecule has 1 aliphatic carbocycles. The van der Waals surface area contributed by atoms with Crippen molar-refractivity contribution < 1.29 is 20.1 Å². The molecule has 3 unspecified atom stereocenters. The molecule has 4 atom stereocenters. The van der Waals surface area contributed by atoms with E-state index in [2.05, 4.69) is 5.32 Å². The second kappa shape index (κ2) is 7.06. The van der Waals surface area contributed by atoms with Gasteiger partial charge in [-0.2, -0.15) is 0 Å². The Morgan fingerprint density at radius 2 is 1.95 bits per heavy atom. The minimum Gasteiger partial charge on any atom is -0.390 e. The number of benzene rings is 1. The molecule has 4 N–H and O–H groups in total. The van der Waals surface area contributed by atoms with Gasteiger partial charge in [-0.05, 0) is 31.9 Å². The molecule has 0 spiro atoms. The summed E-state index contributed by atoms with van der Waals surface area (Å²) < 4.78 is 5.72. The molecule has 0 bridgehead atoms. The molecular formula is C17H27NO4. The summed E-state index contributed by atoms with van der Waals surface area (Å²) in [4.78, 5) is 0. The van der Waals surface area contributed by atoms with Crippen LogP contribution in [0.5, 0.6) is 0 Å². The van der Waals surface area contributed by atoms with Gasteiger partial charge in [0.15, 0.2) is 0 Å². The number of nitrogens with one attached hydrogen (secondary N) is 1. The smallest absolute Gasteiger partial charge is 0.111 e. The van der Waals surface area contributed by atoms with Crippen LogP contribution in [0, 0.1) is 0 Å². The summed E-state index contributed by atoms with van der Waals surface area (Å²) in [6.07, 6.45) is -2.67. The molecule has 0 fully saturated rings. The molecule has 2 rings (SSSR count). The number of hydrogen-bond acceptors (Lipinski definition) is 5. The van der Waals surface area contributed by atoms with E-state index in [4.69, 9.17) is 4.74 Å². The Morgan fingerprint density at radius 3 is 2.64 bits per heavy atom. The van der Waals surface area contributed by atoms with Crippen LogP contribution in [0.1, 0.15) is 38.0 Å². The van der Waals surface area contributed by atoms with Crippen LogP contribution in [0.25, 0.3) is 0 Å². The molecule has 0 saturated carbocycles. The summed E-state index contributed by atoms with van der Waals surface area (Å²) in [6, 6.07) is 7.62. The third-order valence-electron chi connectivity index (χ3n) is 3.83. The first kappa shape index (κ1) is 17.4. The van der Waals surface area contributed by atoms with Crippen LogP contribution in [0.4, 0.5) is 0 Å². The van der Waals surface area contributed by atoms with Gasteiger partial charge in [-0.25, -0.2) is 0 Å². The first-order valence-corrected chi connectivity index (χ1v) is 7.76. The van der Waals surface area contributed by atoms with Crippen molar-refractivity contribution in [3.63, 3.8) is 0 Å². The fraction of sp³-hybridized carbons (Fsp3) is 0.647. The van der Waals surface area contributed by atoms with E-state index in [0.29, 0.717) is 13.0 Å².